The number of nitrogens with one attached hydrogen (secondary N) is 3. The summed E-state index contributed by atoms with van der Waals surface area (Å²) >= 11 is 1.34. The smallest absolute Gasteiger partial charge is 0.272 e. The van der Waals surface area contributed by atoms with E-state index in [0.29, 0.717) is 29.2 Å². The van der Waals surface area contributed by atoms with Gasteiger partial charge in [-0.15, -0.1) is 11.8 Å². The molecule has 0 fully saturated rings. The number of benzene rings is 4. The lowest BCUT2D eigenvalue weighted by atomic mass is 10.1. The summed E-state index contributed by atoms with van der Waals surface area (Å²) in [5.41, 5.74) is 3.35. The molecule has 0 aromatic heterocycles. The molecular weight excluding hydrogens is 625 g/mol. The van der Waals surface area contributed by atoms with Gasteiger partial charge in [0.05, 0.1) is 17.4 Å². The molecule has 1 aliphatic rings. The van der Waals surface area contributed by atoms with Gasteiger partial charge in [0.15, 0.2) is 0 Å². The van der Waals surface area contributed by atoms with Crippen molar-refractivity contribution >= 4 is 64.4 Å². The molecule has 4 aromatic rings. The van der Waals surface area contributed by atoms with E-state index in [4.69, 9.17) is 0 Å². The van der Waals surface area contributed by atoms with E-state index in [9.17, 15) is 19.2 Å². The summed E-state index contributed by atoms with van der Waals surface area (Å²) < 4.78 is 0. The first-order valence-corrected chi connectivity index (χ1v) is 16.3. The van der Waals surface area contributed by atoms with Crippen LogP contribution in [0.3, 0.4) is 0 Å². The molecule has 1 unspecified atom stereocenters. The van der Waals surface area contributed by atoms with Crippen LogP contribution in [0.15, 0.2) is 125 Å². The largest absolute Gasteiger partial charge is 0.378 e. The SMILES string of the molecule is CCC(Sc1cccc(NC(=O)/C(=C\c2ccc(N(C)C)cc2)NC(=O)c2ccccc2)c1)C(=O)NC1=NN(c2ccccc2)C(=O)C1. The van der Waals surface area contributed by atoms with Crippen LogP contribution >= 0.6 is 11.8 Å². The zero-order valence-corrected chi connectivity index (χ0v) is 27.7. The lowest BCUT2D eigenvalue weighted by Gasteiger charge is -2.16. The number of hydrogen-bond donors (Lipinski definition) is 3. The van der Waals surface area contributed by atoms with E-state index in [-0.39, 0.29) is 23.9 Å². The third-order valence-electron chi connectivity index (χ3n) is 7.33. The molecule has 5 rings (SSSR count). The highest BCUT2D eigenvalue weighted by Gasteiger charge is 2.28. The number of thioether (sulfide) groups is 1. The van der Waals surface area contributed by atoms with Gasteiger partial charge in [-0.25, -0.2) is 0 Å². The Hall–Kier alpha value is -5.68. The van der Waals surface area contributed by atoms with E-state index in [1.807, 2.05) is 80.5 Å². The van der Waals surface area contributed by atoms with Crippen molar-refractivity contribution in [2.45, 2.75) is 29.9 Å². The Morgan fingerprint density at radius 1 is 0.896 bits per heavy atom. The Balaban J connectivity index is 1.28. The van der Waals surface area contributed by atoms with Gasteiger partial charge in [0.1, 0.15) is 11.5 Å². The molecule has 1 atom stereocenters. The number of carbonyl (C=O) groups is 4. The van der Waals surface area contributed by atoms with Gasteiger partial charge in [-0.05, 0) is 72.7 Å². The number of rotatable bonds is 11. The number of hydrogen-bond acceptors (Lipinski definition) is 7. The fourth-order valence-corrected chi connectivity index (χ4v) is 5.82. The normalized spacial score (nSPS) is 13.4. The number of nitrogens with zero attached hydrogens (tertiary/aromatic N) is 3. The lowest BCUT2D eigenvalue weighted by Crippen LogP contribution is -2.36. The zero-order valence-electron chi connectivity index (χ0n) is 26.8. The highest BCUT2D eigenvalue weighted by Crippen LogP contribution is 2.28. The first kappa shape index (κ1) is 33.7. The zero-order chi connectivity index (χ0) is 34.0. The van der Waals surface area contributed by atoms with Crippen LogP contribution < -0.4 is 25.9 Å². The maximum atomic E-state index is 13.6. The van der Waals surface area contributed by atoms with Crippen LogP contribution in [0.25, 0.3) is 6.08 Å². The fraction of sp³-hybridized carbons (Fsp3) is 0.162. The number of carbonyl (C=O) groups excluding carboxylic acids is 4. The van der Waals surface area contributed by atoms with Gasteiger partial charge in [-0.1, -0.05) is 61.5 Å². The first-order valence-electron chi connectivity index (χ1n) is 15.4. The fourth-order valence-electron chi connectivity index (χ4n) is 4.80. The molecule has 1 aliphatic heterocycles. The third kappa shape index (κ3) is 8.77. The highest BCUT2D eigenvalue weighted by molar-refractivity contribution is 8.00. The minimum Gasteiger partial charge on any atom is -0.378 e. The highest BCUT2D eigenvalue weighted by atomic mass is 32.2. The maximum absolute atomic E-state index is 13.6. The van der Waals surface area contributed by atoms with Crippen LogP contribution in [0.1, 0.15) is 35.7 Å². The predicted octanol–water partition coefficient (Wildman–Crippen LogP) is 5.90. The molecular formula is C37H36N6O4S. The van der Waals surface area contributed by atoms with Crippen molar-refractivity contribution in [1.82, 2.24) is 10.6 Å². The second kappa shape index (κ2) is 15.7. The molecule has 11 heteroatoms. The van der Waals surface area contributed by atoms with Gasteiger partial charge in [0.25, 0.3) is 17.7 Å². The minimum atomic E-state index is -0.505. The van der Waals surface area contributed by atoms with Crippen molar-refractivity contribution in [2.75, 3.05) is 29.3 Å². The summed E-state index contributed by atoms with van der Waals surface area (Å²) in [5.74, 6) is -1.12. The van der Waals surface area contributed by atoms with Gasteiger partial charge in [0, 0.05) is 35.9 Å². The van der Waals surface area contributed by atoms with Crippen LogP contribution in [0.4, 0.5) is 17.1 Å². The number of anilines is 3. The van der Waals surface area contributed by atoms with Crippen LogP contribution in [0.5, 0.6) is 0 Å². The molecule has 4 aromatic carbocycles. The minimum absolute atomic E-state index is 0.000288. The molecule has 0 bridgehead atoms. The standard InChI is InChI=1S/C37H36N6O4S/c1-4-32(37(47)40-33-24-34(44)43(41-33)29-15-9-6-10-16-29)48-30-17-11-14-27(23-30)38-36(46)31(39-35(45)26-12-7-5-8-13-26)22-25-18-20-28(21-19-25)42(2)3/h5-23,32H,4,24H2,1-3H3,(H,38,46)(H,39,45)(H,40,41,47)/b31-22+. The molecule has 4 amide bonds. The second-order valence-electron chi connectivity index (χ2n) is 11.1. The average molecular weight is 661 g/mol. The second-order valence-corrected chi connectivity index (χ2v) is 12.4. The number of para-hydroxylation sites is 1. The van der Waals surface area contributed by atoms with Crippen LogP contribution in [0.2, 0.25) is 0 Å². The molecule has 3 N–H and O–H groups in total. The number of amidine groups is 1. The van der Waals surface area contributed by atoms with E-state index < -0.39 is 17.1 Å². The lowest BCUT2D eigenvalue weighted by molar-refractivity contribution is -0.119. The first-order chi connectivity index (χ1) is 23.2. The van der Waals surface area contributed by atoms with Gasteiger partial charge >= 0.3 is 0 Å². The van der Waals surface area contributed by atoms with Crippen molar-refractivity contribution in [2.24, 2.45) is 5.10 Å². The molecule has 244 valence electrons. The molecule has 0 saturated heterocycles. The Morgan fingerprint density at radius 3 is 2.25 bits per heavy atom. The Kier molecular flexibility index (Phi) is 11.0. The molecule has 10 nitrogen and oxygen atoms in total. The van der Waals surface area contributed by atoms with Crippen molar-refractivity contribution in [1.29, 1.82) is 0 Å². The summed E-state index contributed by atoms with van der Waals surface area (Å²) in [4.78, 5) is 55.1. The van der Waals surface area contributed by atoms with Crippen molar-refractivity contribution < 1.29 is 19.2 Å². The van der Waals surface area contributed by atoms with Gasteiger partial charge < -0.3 is 20.9 Å². The molecule has 48 heavy (non-hydrogen) atoms. The molecule has 1 heterocycles. The van der Waals surface area contributed by atoms with Crippen LogP contribution in [-0.2, 0) is 14.4 Å². The molecule has 0 spiro atoms. The average Bonchev–Trinajstić information content (AvgIpc) is 3.47. The van der Waals surface area contributed by atoms with Gasteiger partial charge in [-0.3, -0.25) is 19.2 Å². The van der Waals surface area contributed by atoms with Gasteiger partial charge in [-0.2, -0.15) is 10.1 Å². The van der Waals surface area contributed by atoms with Crippen molar-refractivity contribution in [3.8, 4) is 0 Å². The maximum Gasteiger partial charge on any atom is 0.272 e. The van der Waals surface area contributed by atoms with Crippen molar-refractivity contribution in [3.63, 3.8) is 0 Å². The van der Waals surface area contributed by atoms with Crippen LogP contribution in [0, 0.1) is 0 Å². The molecule has 0 radical (unpaired) electrons. The quantitative estimate of drug-likeness (QED) is 0.136. The summed E-state index contributed by atoms with van der Waals surface area (Å²) in [6.07, 6.45) is 2.14. The van der Waals surface area contributed by atoms with Crippen molar-refractivity contribution in [3.05, 3.63) is 126 Å². The van der Waals surface area contributed by atoms with E-state index in [1.54, 1.807) is 60.7 Å². The molecule has 0 saturated carbocycles. The Labute approximate surface area is 283 Å². The Morgan fingerprint density at radius 2 is 1.58 bits per heavy atom. The van der Waals surface area contributed by atoms with E-state index >= 15 is 0 Å². The van der Waals surface area contributed by atoms with E-state index in [0.717, 1.165) is 16.1 Å². The number of amides is 4. The van der Waals surface area contributed by atoms with E-state index in [2.05, 4.69) is 21.1 Å². The van der Waals surface area contributed by atoms with E-state index in [1.165, 1.54) is 16.8 Å². The summed E-state index contributed by atoms with van der Waals surface area (Å²) in [7, 11) is 3.88. The van der Waals surface area contributed by atoms with Gasteiger partial charge in [0.2, 0.25) is 5.91 Å². The van der Waals surface area contributed by atoms with Crippen LogP contribution in [-0.4, -0.2) is 48.8 Å². The summed E-state index contributed by atoms with van der Waals surface area (Å²) in [6.45, 7) is 1.90. The topological polar surface area (TPSA) is 123 Å². The summed E-state index contributed by atoms with van der Waals surface area (Å²) in [6, 6.07) is 32.5. The predicted molar refractivity (Wildman–Crippen MR) is 192 cm³/mol. The summed E-state index contributed by atoms with van der Waals surface area (Å²) in [5, 5.41) is 13.6. The Bertz CT molecular complexity index is 1840. The molecule has 0 aliphatic carbocycles. The monoisotopic (exact) mass is 660 g/mol. The number of hydrazone groups is 1. The third-order valence-corrected chi connectivity index (χ3v) is 8.68.